The minimum absolute atomic E-state index is 0.350. The second-order valence-electron chi connectivity index (χ2n) is 5.87. The average Bonchev–Trinajstić information content (AvgIpc) is 2.55. The standard InChI is InChI=1S/C18H22O3/c1-20-12-7-8-16(18(11-12)21-2)14-9-10-17(19)15-6-4-3-5-13(14)15/h6-8,11,13-14H,3-5,9-10H2,1-2H3/t13-,14-/m1/s1. The highest BCUT2D eigenvalue weighted by molar-refractivity contribution is 5.97. The summed E-state index contributed by atoms with van der Waals surface area (Å²) in [5.41, 5.74) is 2.28. The molecule has 0 unspecified atom stereocenters. The highest BCUT2D eigenvalue weighted by atomic mass is 16.5. The van der Waals surface area contributed by atoms with E-state index < -0.39 is 0 Å². The lowest BCUT2D eigenvalue weighted by atomic mass is 9.68. The van der Waals surface area contributed by atoms with Gasteiger partial charge in [-0.25, -0.2) is 0 Å². The number of hydrogen-bond acceptors (Lipinski definition) is 3. The zero-order valence-corrected chi connectivity index (χ0v) is 12.7. The molecule has 2 aliphatic carbocycles. The second kappa shape index (κ2) is 5.92. The molecule has 3 heteroatoms. The number of ketones is 1. The number of ether oxygens (including phenoxy) is 2. The molecule has 0 amide bonds. The lowest BCUT2D eigenvalue weighted by molar-refractivity contribution is -0.117. The van der Waals surface area contributed by atoms with Crippen molar-refractivity contribution in [2.75, 3.05) is 14.2 Å². The Hall–Kier alpha value is -1.77. The fourth-order valence-corrected chi connectivity index (χ4v) is 3.77. The Morgan fingerprint density at radius 3 is 2.71 bits per heavy atom. The van der Waals surface area contributed by atoms with E-state index in [2.05, 4.69) is 12.1 Å². The van der Waals surface area contributed by atoms with E-state index >= 15 is 0 Å². The molecular formula is C18H22O3. The van der Waals surface area contributed by atoms with E-state index in [4.69, 9.17) is 9.47 Å². The first-order chi connectivity index (χ1) is 10.2. The van der Waals surface area contributed by atoms with Gasteiger partial charge in [0.15, 0.2) is 5.78 Å². The predicted molar refractivity (Wildman–Crippen MR) is 82.0 cm³/mol. The van der Waals surface area contributed by atoms with E-state index in [1.165, 1.54) is 12.0 Å². The number of carbonyl (C=O) groups is 1. The van der Waals surface area contributed by atoms with Crippen molar-refractivity contribution in [2.45, 2.75) is 38.0 Å². The lowest BCUT2D eigenvalue weighted by Crippen LogP contribution is -2.28. The van der Waals surface area contributed by atoms with Gasteiger partial charge in [-0.15, -0.1) is 0 Å². The molecule has 3 nitrogen and oxygen atoms in total. The molecule has 21 heavy (non-hydrogen) atoms. The zero-order chi connectivity index (χ0) is 14.8. The van der Waals surface area contributed by atoms with Crippen LogP contribution in [0.2, 0.25) is 0 Å². The molecule has 0 spiro atoms. The van der Waals surface area contributed by atoms with Gasteiger partial charge in [-0.1, -0.05) is 12.1 Å². The van der Waals surface area contributed by atoms with Gasteiger partial charge >= 0.3 is 0 Å². The second-order valence-corrected chi connectivity index (χ2v) is 5.87. The Morgan fingerprint density at radius 1 is 1.10 bits per heavy atom. The molecule has 1 aromatic rings. The highest BCUT2D eigenvalue weighted by Gasteiger charge is 2.36. The predicted octanol–water partition coefficient (Wildman–Crippen LogP) is 3.88. The highest BCUT2D eigenvalue weighted by Crippen LogP contribution is 2.47. The Balaban J connectivity index is 1.98. The van der Waals surface area contributed by atoms with Gasteiger partial charge in [-0.05, 0) is 54.7 Å². The summed E-state index contributed by atoms with van der Waals surface area (Å²) in [5, 5.41) is 0. The third-order valence-corrected chi connectivity index (χ3v) is 4.81. The normalized spacial score (nSPS) is 25.0. The zero-order valence-electron chi connectivity index (χ0n) is 12.7. The van der Waals surface area contributed by atoms with Gasteiger partial charge in [-0.2, -0.15) is 0 Å². The molecule has 3 rings (SSSR count). The maximum Gasteiger partial charge on any atom is 0.158 e. The van der Waals surface area contributed by atoms with Crippen LogP contribution in [0.15, 0.2) is 29.8 Å². The van der Waals surface area contributed by atoms with Crippen LogP contribution in [0.25, 0.3) is 0 Å². The summed E-state index contributed by atoms with van der Waals surface area (Å²) in [7, 11) is 3.36. The van der Waals surface area contributed by atoms with Crippen molar-refractivity contribution in [1.29, 1.82) is 0 Å². The number of carbonyl (C=O) groups excluding carboxylic acids is 1. The van der Waals surface area contributed by atoms with Crippen molar-refractivity contribution in [3.8, 4) is 11.5 Å². The number of fused-ring (bicyclic) bond motifs is 1. The monoisotopic (exact) mass is 286 g/mol. The first-order valence-electron chi connectivity index (χ1n) is 7.69. The van der Waals surface area contributed by atoms with E-state index in [0.717, 1.165) is 36.3 Å². The third kappa shape index (κ3) is 2.57. The molecule has 0 heterocycles. The van der Waals surface area contributed by atoms with Crippen LogP contribution in [0, 0.1) is 5.92 Å². The summed E-state index contributed by atoms with van der Waals surface area (Å²) in [6, 6.07) is 6.03. The first-order valence-corrected chi connectivity index (χ1v) is 7.69. The van der Waals surface area contributed by atoms with E-state index in [1.807, 2.05) is 12.1 Å². The molecule has 0 saturated heterocycles. The molecular weight excluding hydrogens is 264 g/mol. The molecule has 1 fully saturated rings. The van der Waals surface area contributed by atoms with Crippen LogP contribution in [-0.4, -0.2) is 20.0 Å². The number of methoxy groups -OCH3 is 2. The molecule has 0 N–H and O–H groups in total. The molecule has 2 aliphatic rings. The van der Waals surface area contributed by atoms with Crippen LogP contribution in [0.5, 0.6) is 11.5 Å². The van der Waals surface area contributed by atoms with Gasteiger partial charge in [0.05, 0.1) is 14.2 Å². The fourth-order valence-electron chi connectivity index (χ4n) is 3.77. The van der Waals surface area contributed by atoms with Crippen LogP contribution >= 0.6 is 0 Å². The quantitative estimate of drug-likeness (QED) is 0.846. The maximum absolute atomic E-state index is 12.1. The summed E-state index contributed by atoms with van der Waals surface area (Å²) >= 11 is 0. The van der Waals surface area contributed by atoms with Gasteiger partial charge in [-0.3, -0.25) is 4.79 Å². The minimum Gasteiger partial charge on any atom is -0.497 e. The number of Topliss-reactive ketones (excluding diaryl/α,β-unsaturated/α-hetero) is 1. The molecule has 1 saturated carbocycles. The van der Waals surface area contributed by atoms with E-state index in [0.29, 0.717) is 24.0 Å². The minimum atomic E-state index is 0.350. The van der Waals surface area contributed by atoms with E-state index in [-0.39, 0.29) is 0 Å². The van der Waals surface area contributed by atoms with Crippen LogP contribution < -0.4 is 9.47 Å². The van der Waals surface area contributed by atoms with Crippen LogP contribution in [0.4, 0.5) is 0 Å². The topological polar surface area (TPSA) is 35.5 Å². The fraction of sp³-hybridized carbons (Fsp3) is 0.500. The summed E-state index contributed by atoms with van der Waals surface area (Å²) in [5.74, 6) is 2.78. The van der Waals surface area contributed by atoms with Crippen molar-refractivity contribution >= 4 is 5.78 Å². The van der Waals surface area contributed by atoms with Gasteiger partial charge in [0.2, 0.25) is 0 Å². The molecule has 2 atom stereocenters. The SMILES string of the molecule is COc1ccc([C@@H]2CCC(=O)C3=CCCC[C@@H]32)c(OC)c1. The summed E-state index contributed by atoms with van der Waals surface area (Å²) in [6.07, 6.45) is 7.07. The Labute approximate surface area is 125 Å². The molecule has 112 valence electrons. The van der Waals surface area contributed by atoms with Crippen LogP contribution in [0.3, 0.4) is 0 Å². The van der Waals surface area contributed by atoms with Gasteiger partial charge in [0, 0.05) is 12.5 Å². The molecule has 1 aromatic carbocycles. The smallest absolute Gasteiger partial charge is 0.158 e. The van der Waals surface area contributed by atoms with Gasteiger partial charge in [0.25, 0.3) is 0 Å². The van der Waals surface area contributed by atoms with Crippen molar-refractivity contribution in [3.05, 3.63) is 35.4 Å². The molecule has 0 radical (unpaired) electrons. The van der Waals surface area contributed by atoms with Crippen molar-refractivity contribution in [3.63, 3.8) is 0 Å². The van der Waals surface area contributed by atoms with Crippen LogP contribution in [-0.2, 0) is 4.79 Å². The lowest BCUT2D eigenvalue weighted by Gasteiger charge is -2.36. The molecule has 0 aromatic heterocycles. The third-order valence-electron chi connectivity index (χ3n) is 4.81. The maximum atomic E-state index is 12.1. The van der Waals surface area contributed by atoms with E-state index in [9.17, 15) is 4.79 Å². The summed E-state index contributed by atoms with van der Waals surface area (Å²) in [4.78, 5) is 12.1. The Kier molecular flexibility index (Phi) is 4.00. The number of rotatable bonds is 3. The first kappa shape index (κ1) is 14.2. The van der Waals surface area contributed by atoms with Crippen molar-refractivity contribution in [2.24, 2.45) is 5.92 Å². The van der Waals surface area contributed by atoms with Crippen molar-refractivity contribution in [1.82, 2.24) is 0 Å². The number of benzene rings is 1. The van der Waals surface area contributed by atoms with Gasteiger partial charge < -0.3 is 9.47 Å². The Morgan fingerprint density at radius 2 is 1.95 bits per heavy atom. The van der Waals surface area contributed by atoms with Crippen LogP contribution in [0.1, 0.15) is 43.6 Å². The largest absolute Gasteiger partial charge is 0.497 e. The average molecular weight is 286 g/mol. The summed E-state index contributed by atoms with van der Waals surface area (Å²) in [6.45, 7) is 0. The van der Waals surface area contributed by atoms with E-state index in [1.54, 1.807) is 14.2 Å². The van der Waals surface area contributed by atoms with Gasteiger partial charge in [0.1, 0.15) is 11.5 Å². The summed E-state index contributed by atoms with van der Waals surface area (Å²) < 4.78 is 10.8. The Bertz CT molecular complexity index is 574. The molecule has 0 bridgehead atoms. The number of allylic oxidation sites excluding steroid dienone is 2. The van der Waals surface area contributed by atoms with Crippen molar-refractivity contribution < 1.29 is 14.3 Å². The molecule has 0 aliphatic heterocycles. The number of hydrogen-bond donors (Lipinski definition) is 0.